The second-order valence-electron chi connectivity index (χ2n) is 7.59. The standard InChI is InChI=1S/C21H24F3N5O3/c1-4-32-15-5-6-18(26-10-15)29-11-16(13(2)3)28(20(29)31)12-19(30)27-17-9-14(7-8-25-17)21(22,23)24/h5-10,13,16H,4,11-12H2,1-3H3,(H,25,27,30)/t16-/m1/s1. The van der Waals surface area contributed by atoms with Crippen molar-refractivity contribution in [1.82, 2.24) is 14.9 Å². The van der Waals surface area contributed by atoms with E-state index in [4.69, 9.17) is 4.74 Å². The number of ether oxygens (including phenoxy) is 1. The van der Waals surface area contributed by atoms with Crippen molar-refractivity contribution in [3.05, 3.63) is 42.2 Å². The Morgan fingerprint density at radius 3 is 2.62 bits per heavy atom. The van der Waals surface area contributed by atoms with Gasteiger partial charge in [-0.3, -0.25) is 9.69 Å². The Hall–Kier alpha value is -3.37. The molecule has 1 atom stereocenters. The average molecular weight is 451 g/mol. The number of pyridine rings is 2. The van der Waals surface area contributed by atoms with Crippen LogP contribution < -0.4 is 15.0 Å². The molecule has 11 heteroatoms. The predicted molar refractivity (Wildman–Crippen MR) is 111 cm³/mol. The maximum absolute atomic E-state index is 13.0. The average Bonchev–Trinajstić information content (AvgIpc) is 3.05. The third kappa shape index (κ3) is 5.27. The minimum atomic E-state index is -4.55. The van der Waals surface area contributed by atoms with Gasteiger partial charge in [0.25, 0.3) is 0 Å². The molecular weight excluding hydrogens is 427 g/mol. The van der Waals surface area contributed by atoms with E-state index in [2.05, 4.69) is 15.3 Å². The second kappa shape index (κ2) is 9.41. The lowest BCUT2D eigenvalue weighted by molar-refractivity contribution is -0.137. The van der Waals surface area contributed by atoms with Crippen molar-refractivity contribution in [2.45, 2.75) is 33.0 Å². The number of carbonyl (C=O) groups excluding carboxylic acids is 2. The van der Waals surface area contributed by atoms with Gasteiger partial charge in [0.2, 0.25) is 5.91 Å². The minimum Gasteiger partial charge on any atom is -0.492 e. The highest BCUT2D eigenvalue weighted by atomic mass is 19.4. The highest BCUT2D eigenvalue weighted by Crippen LogP contribution is 2.30. The fourth-order valence-corrected chi connectivity index (χ4v) is 3.40. The molecule has 1 N–H and O–H groups in total. The quantitative estimate of drug-likeness (QED) is 0.692. The van der Waals surface area contributed by atoms with Gasteiger partial charge in [-0.2, -0.15) is 13.2 Å². The number of alkyl halides is 3. The fraction of sp³-hybridized carbons (Fsp3) is 0.429. The summed E-state index contributed by atoms with van der Waals surface area (Å²) in [5.41, 5.74) is -0.923. The number of aromatic nitrogens is 2. The van der Waals surface area contributed by atoms with Gasteiger partial charge in [-0.05, 0) is 37.1 Å². The number of urea groups is 1. The van der Waals surface area contributed by atoms with Crippen LogP contribution in [0.25, 0.3) is 0 Å². The molecule has 8 nitrogen and oxygen atoms in total. The molecule has 2 aromatic rings. The molecule has 0 unspecified atom stereocenters. The Balaban J connectivity index is 1.73. The van der Waals surface area contributed by atoms with E-state index in [0.717, 1.165) is 18.3 Å². The Morgan fingerprint density at radius 1 is 1.28 bits per heavy atom. The third-order valence-electron chi connectivity index (χ3n) is 4.99. The van der Waals surface area contributed by atoms with Crippen LogP contribution in [0.15, 0.2) is 36.7 Å². The monoisotopic (exact) mass is 451 g/mol. The van der Waals surface area contributed by atoms with Crippen molar-refractivity contribution in [3.8, 4) is 5.75 Å². The molecule has 3 amide bonds. The van der Waals surface area contributed by atoms with Gasteiger partial charge < -0.3 is 15.0 Å². The van der Waals surface area contributed by atoms with Gasteiger partial charge in [-0.15, -0.1) is 0 Å². The van der Waals surface area contributed by atoms with E-state index in [9.17, 15) is 22.8 Å². The van der Waals surface area contributed by atoms with Crippen LogP contribution in [0.3, 0.4) is 0 Å². The summed E-state index contributed by atoms with van der Waals surface area (Å²) in [6.07, 6.45) is -2.07. The lowest BCUT2D eigenvalue weighted by Gasteiger charge is -2.25. The summed E-state index contributed by atoms with van der Waals surface area (Å²) >= 11 is 0. The molecule has 0 saturated carbocycles. The van der Waals surface area contributed by atoms with Crippen molar-refractivity contribution >= 4 is 23.6 Å². The summed E-state index contributed by atoms with van der Waals surface area (Å²) in [4.78, 5) is 36.5. The molecule has 0 aromatic carbocycles. The van der Waals surface area contributed by atoms with Crippen LogP contribution in [0.1, 0.15) is 26.3 Å². The van der Waals surface area contributed by atoms with E-state index in [-0.39, 0.29) is 24.3 Å². The molecular formula is C21H24F3N5O3. The molecule has 3 heterocycles. The number of rotatable bonds is 7. The highest BCUT2D eigenvalue weighted by Gasteiger charge is 2.41. The summed E-state index contributed by atoms with van der Waals surface area (Å²) in [5, 5.41) is 2.34. The first kappa shape index (κ1) is 23.3. The van der Waals surface area contributed by atoms with Gasteiger partial charge in [-0.1, -0.05) is 13.8 Å². The number of halogens is 3. The Morgan fingerprint density at radius 2 is 2.03 bits per heavy atom. The molecule has 1 fully saturated rings. The van der Waals surface area contributed by atoms with Crippen LogP contribution in [0.2, 0.25) is 0 Å². The van der Waals surface area contributed by atoms with Gasteiger partial charge in [0.15, 0.2) is 0 Å². The zero-order valence-corrected chi connectivity index (χ0v) is 17.9. The summed E-state index contributed by atoms with van der Waals surface area (Å²) in [7, 11) is 0. The van der Waals surface area contributed by atoms with E-state index in [1.807, 2.05) is 20.8 Å². The maximum Gasteiger partial charge on any atom is 0.416 e. The molecule has 0 bridgehead atoms. The summed E-state index contributed by atoms with van der Waals surface area (Å²) in [6, 6.07) is 4.24. The molecule has 0 radical (unpaired) electrons. The molecule has 3 rings (SSSR count). The van der Waals surface area contributed by atoms with Crippen LogP contribution in [0.4, 0.5) is 29.6 Å². The zero-order valence-electron chi connectivity index (χ0n) is 17.9. The molecule has 0 spiro atoms. The smallest absolute Gasteiger partial charge is 0.416 e. The molecule has 1 aliphatic rings. The number of nitrogens with zero attached hydrogens (tertiary/aromatic N) is 4. The zero-order chi connectivity index (χ0) is 23.5. The predicted octanol–water partition coefficient (Wildman–Crippen LogP) is 3.80. The van der Waals surface area contributed by atoms with Crippen LogP contribution in [0, 0.1) is 5.92 Å². The molecule has 1 saturated heterocycles. The third-order valence-corrected chi connectivity index (χ3v) is 4.99. The Bertz CT molecular complexity index is 966. The number of hydrogen-bond donors (Lipinski definition) is 1. The van der Waals surface area contributed by atoms with Crippen LogP contribution >= 0.6 is 0 Å². The fourth-order valence-electron chi connectivity index (χ4n) is 3.40. The van der Waals surface area contributed by atoms with Gasteiger partial charge in [-0.25, -0.2) is 14.8 Å². The summed E-state index contributed by atoms with van der Waals surface area (Å²) < 4.78 is 44.0. The normalized spacial score (nSPS) is 16.6. The van der Waals surface area contributed by atoms with Gasteiger partial charge in [0.1, 0.15) is 23.9 Å². The lowest BCUT2D eigenvalue weighted by Crippen LogP contribution is -2.42. The van der Waals surface area contributed by atoms with E-state index in [1.54, 1.807) is 12.1 Å². The van der Waals surface area contributed by atoms with Crippen molar-refractivity contribution in [2.75, 3.05) is 29.9 Å². The molecule has 0 aliphatic carbocycles. The first-order chi connectivity index (χ1) is 15.1. The van der Waals surface area contributed by atoms with E-state index < -0.39 is 23.7 Å². The number of carbonyl (C=O) groups is 2. The first-order valence-corrected chi connectivity index (χ1v) is 10.1. The number of amides is 3. The van der Waals surface area contributed by atoms with E-state index >= 15 is 0 Å². The van der Waals surface area contributed by atoms with E-state index in [1.165, 1.54) is 16.0 Å². The van der Waals surface area contributed by atoms with Gasteiger partial charge in [0, 0.05) is 12.7 Å². The van der Waals surface area contributed by atoms with Crippen molar-refractivity contribution < 1.29 is 27.5 Å². The largest absolute Gasteiger partial charge is 0.492 e. The Kier molecular flexibility index (Phi) is 6.85. The first-order valence-electron chi connectivity index (χ1n) is 10.1. The van der Waals surface area contributed by atoms with Gasteiger partial charge in [0.05, 0.1) is 24.4 Å². The summed E-state index contributed by atoms with van der Waals surface area (Å²) in [6.45, 7) is 6.18. The van der Waals surface area contributed by atoms with Crippen molar-refractivity contribution in [1.29, 1.82) is 0 Å². The topological polar surface area (TPSA) is 87.7 Å². The van der Waals surface area contributed by atoms with Crippen LogP contribution in [-0.2, 0) is 11.0 Å². The highest BCUT2D eigenvalue weighted by molar-refractivity contribution is 5.99. The SMILES string of the molecule is CCOc1ccc(N2C[C@H](C(C)C)N(CC(=O)Nc3cc(C(F)(F)F)ccn3)C2=O)nc1. The lowest BCUT2D eigenvalue weighted by atomic mass is 10.0. The van der Waals surface area contributed by atoms with Crippen LogP contribution in [0.5, 0.6) is 5.75 Å². The van der Waals surface area contributed by atoms with Crippen LogP contribution in [-0.4, -0.2) is 52.5 Å². The van der Waals surface area contributed by atoms with E-state index in [0.29, 0.717) is 24.7 Å². The molecule has 2 aromatic heterocycles. The second-order valence-corrected chi connectivity index (χ2v) is 7.59. The summed E-state index contributed by atoms with van der Waals surface area (Å²) in [5.74, 6) is 0.158. The number of nitrogens with one attached hydrogen (secondary N) is 1. The number of hydrogen-bond acceptors (Lipinski definition) is 5. The molecule has 1 aliphatic heterocycles. The van der Waals surface area contributed by atoms with Crippen molar-refractivity contribution in [3.63, 3.8) is 0 Å². The molecule has 172 valence electrons. The van der Waals surface area contributed by atoms with Gasteiger partial charge >= 0.3 is 12.2 Å². The van der Waals surface area contributed by atoms with Crippen molar-refractivity contribution in [2.24, 2.45) is 5.92 Å². The number of anilines is 2. The minimum absolute atomic E-state index is 0.0335. The maximum atomic E-state index is 13.0. The Labute approximate surface area is 183 Å². The molecule has 32 heavy (non-hydrogen) atoms.